The molecule has 0 amide bonds. The molecule has 0 bridgehead atoms. The summed E-state index contributed by atoms with van der Waals surface area (Å²) in [5.74, 6) is -4.44. The lowest BCUT2D eigenvalue weighted by atomic mass is 9.77. The molecule has 4 aromatic rings. The van der Waals surface area contributed by atoms with Crippen LogP contribution >= 0.6 is 11.6 Å². The molecule has 0 spiro atoms. The van der Waals surface area contributed by atoms with Crippen molar-refractivity contribution in [3.05, 3.63) is 86.4 Å². The zero-order valence-corrected chi connectivity index (χ0v) is 22.1. The van der Waals surface area contributed by atoms with Crippen molar-refractivity contribution >= 4 is 28.6 Å². The van der Waals surface area contributed by atoms with Crippen LogP contribution in [0.15, 0.2) is 53.3 Å². The summed E-state index contributed by atoms with van der Waals surface area (Å²) in [7, 11) is 2.83. The molecule has 15 heteroatoms. The van der Waals surface area contributed by atoms with E-state index in [0.717, 1.165) is 47.9 Å². The fourth-order valence-corrected chi connectivity index (χ4v) is 4.89. The third-order valence-electron chi connectivity index (χ3n) is 6.80. The van der Waals surface area contributed by atoms with E-state index in [9.17, 15) is 41.0 Å². The number of aromatic nitrogens is 3. The first-order valence-corrected chi connectivity index (χ1v) is 12.0. The van der Waals surface area contributed by atoms with Crippen LogP contribution < -0.4 is 10.4 Å². The minimum Gasteiger partial charge on any atom is -0.478 e. The lowest BCUT2D eigenvalue weighted by Crippen LogP contribution is -2.46. The number of hydrogen-bond donors (Lipinski definition) is 2. The van der Waals surface area contributed by atoms with Crippen molar-refractivity contribution < 1.29 is 46.1 Å². The molecule has 0 aliphatic carbocycles. The molecule has 0 radical (unpaired) electrons. The van der Waals surface area contributed by atoms with Gasteiger partial charge in [0.2, 0.25) is 5.88 Å². The van der Waals surface area contributed by atoms with Crippen molar-refractivity contribution in [1.29, 1.82) is 0 Å². The molecule has 0 saturated carbocycles. The summed E-state index contributed by atoms with van der Waals surface area (Å²) >= 11 is 6.26. The topological polar surface area (TPSA) is 107 Å². The molecule has 4 rings (SSSR count). The van der Waals surface area contributed by atoms with Crippen molar-refractivity contribution in [1.82, 2.24) is 14.1 Å². The first-order valence-electron chi connectivity index (χ1n) is 11.6. The fraction of sp³-hybridized carbons (Fsp3) is 0.269. The molecule has 8 nitrogen and oxygen atoms in total. The van der Waals surface area contributed by atoms with Crippen LogP contribution in [-0.4, -0.2) is 36.5 Å². The van der Waals surface area contributed by atoms with Gasteiger partial charge in [0, 0.05) is 31.1 Å². The van der Waals surface area contributed by atoms with Crippen molar-refractivity contribution in [2.75, 3.05) is 0 Å². The minimum atomic E-state index is -5.21. The van der Waals surface area contributed by atoms with E-state index in [0.29, 0.717) is 11.6 Å². The Balaban J connectivity index is 1.73. The number of carboxylic acids is 1. The normalized spacial score (nSPS) is 14.6. The standard InChI is InChI=1S/C26H20ClF6N3O5/c1-12(24(40,26(31,32)33)13-4-8-18-19(10-13)36(3)23(39)35(18)2)15-6-5-14(11-17(15)27)41-20-9-7-16(22(37)38)21(34-20)25(28,29)30/h4-12,40H,1-3H3,(H,37,38). The summed E-state index contributed by atoms with van der Waals surface area (Å²) in [6.07, 6.45) is -10.3. The van der Waals surface area contributed by atoms with Gasteiger partial charge in [-0.25, -0.2) is 14.6 Å². The number of rotatable bonds is 6. The number of fused-ring (bicyclic) bond motifs is 1. The van der Waals surface area contributed by atoms with Gasteiger partial charge in [0.05, 0.1) is 16.6 Å². The minimum absolute atomic E-state index is 0.152. The highest BCUT2D eigenvalue weighted by atomic mass is 35.5. The molecule has 2 heterocycles. The molecular formula is C26H20ClF6N3O5. The quantitative estimate of drug-likeness (QED) is 0.262. The number of aryl methyl sites for hydroxylation is 2. The molecule has 218 valence electrons. The van der Waals surface area contributed by atoms with Crippen LogP contribution in [0, 0.1) is 0 Å². The number of hydrogen-bond acceptors (Lipinski definition) is 5. The van der Waals surface area contributed by atoms with E-state index >= 15 is 0 Å². The van der Waals surface area contributed by atoms with Gasteiger partial charge in [0.15, 0.2) is 11.3 Å². The Kier molecular flexibility index (Phi) is 7.37. The SMILES string of the molecule is CC(c1ccc(Oc2ccc(C(=O)O)c(C(F)(F)F)n2)cc1Cl)C(O)(c1ccc2c(c1)n(C)c(=O)n2C)C(F)(F)F. The average Bonchev–Trinajstić information content (AvgIpc) is 3.10. The Morgan fingerprint density at radius 2 is 1.61 bits per heavy atom. The van der Waals surface area contributed by atoms with Gasteiger partial charge in [0.1, 0.15) is 5.75 Å². The van der Waals surface area contributed by atoms with Crippen LogP contribution in [-0.2, 0) is 25.9 Å². The van der Waals surface area contributed by atoms with Gasteiger partial charge in [0.25, 0.3) is 0 Å². The molecule has 0 fully saturated rings. The molecule has 41 heavy (non-hydrogen) atoms. The second-order valence-electron chi connectivity index (χ2n) is 9.22. The van der Waals surface area contributed by atoms with Gasteiger partial charge < -0.3 is 14.9 Å². The maximum atomic E-state index is 14.5. The van der Waals surface area contributed by atoms with Gasteiger partial charge >= 0.3 is 24.0 Å². The van der Waals surface area contributed by atoms with E-state index in [2.05, 4.69) is 4.98 Å². The first kappa shape index (κ1) is 29.9. The molecule has 0 aliphatic rings. The molecule has 2 atom stereocenters. The predicted molar refractivity (Wildman–Crippen MR) is 134 cm³/mol. The van der Waals surface area contributed by atoms with Crippen LogP contribution in [0.4, 0.5) is 26.3 Å². The van der Waals surface area contributed by atoms with E-state index in [4.69, 9.17) is 21.4 Å². The number of carboxylic acid groups (broad SMARTS) is 1. The summed E-state index contributed by atoms with van der Waals surface area (Å²) in [6.45, 7) is 1.09. The summed E-state index contributed by atoms with van der Waals surface area (Å²) in [5.41, 5.74) is -7.00. The zero-order chi connectivity index (χ0) is 30.7. The predicted octanol–water partition coefficient (Wildman–Crippen LogP) is 5.99. The molecule has 0 aliphatic heterocycles. The third-order valence-corrected chi connectivity index (χ3v) is 7.13. The van der Waals surface area contributed by atoms with Crippen LogP contribution in [0.25, 0.3) is 11.0 Å². The first-order chi connectivity index (χ1) is 18.9. The van der Waals surface area contributed by atoms with Crippen LogP contribution in [0.3, 0.4) is 0 Å². The number of imidazole rings is 1. The number of alkyl halides is 6. The lowest BCUT2D eigenvalue weighted by molar-refractivity contribution is -0.274. The number of aromatic carboxylic acids is 1. The smallest absolute Gasteiger partial charge is 0.434 e. The van der Waals surface area contributed by atoms with Crippen LogP contribution in [0.1, 0.15) is 40.0 Å². The number of benzene rings is 2. The second kappa shape index (κ2) is 10.1. The van der Waals surface area contributed by atoms with E-state index in [1.54, 1.807) is 0 Å². The van der Waals surface area contributed by atoms with E-state index in [-0.39, 0.29) is 21.9 Å². The summed E-state index contributed by atoms with van der Waals surface area (Å²) in [4.78, 5) is 26.6. The average molecular weight is 604 g/mol. The zero-order valence-electron chi connectivity index (χ0n) is 21.3. The highest BCUT2D eigenvalue weighted by Crippen LogP contribution is 2.50. The molecule has 2 aromatic carbocycles. The Bertz CT molecular complexity index is 1730. The largest absolute Gasteiger partial charge is 0.478 e. The Morgan fingerprint density at radius 3 is 2.17 bits per heavy atom. The number of nitrogens with zero attached hydrogens (tertiary/aromatic N) is 3. The highest BCUT2D eigenvalue weighted by molar-refractivity contribution is 6.31. The van der Waals surface area contributed by atoms with E-state index < -0.39 is 58.2 Å². The Labute approximate surface area is 232 Å². The van der Waals surface area contributed by atoms with Crippen molar-refractivity contribution in [3.63, 3.8) is 0 Å². The molecule has 2 N–H and O–H groups in total. The van der Waals surface area contributed by atoms with Crippen molar-refractivity contribution in [2.24, 2.45) is 14.1 Å². The number of halogens is 7. The molecular weight excluding hydrogens is 584 g/mol. The van der Waals surface area contributed by atoms with Crippen molar-refractivity contribution in [3.8, 4) is 11.6 Å². The Hall–Kier alpha value is -4.04. The summed E-state index contributed by atoms with van der Waals surface area (Å²) in [5, 5.41) is 19.9. The van der Waals surface area contributed by atoms with E-state index in [1.165, 1.54) is 24.7 Å². The molecule has 0 saturated heterocycles. The fourth-order valence-electron chi connectivity index (χ4n) is 4.56. The maximum absolute atomic E-state index is 14.5. The van der Waals surface area contributed by atoms with Gasteiger partial charge in [-0.2, -0.15) is 26.3 Å². The number of ether oxygens (including phenoxy) is 1. The van der Waals surface area contributed by atoms with E-state index in [1.807, 2.05) is 0 Å². The monoisotopic (exact) mass is 603 g/mol. The Morgan fingerprint density at radius 1 is 0.976 bits per heavy atom. The lowest BCUT2D eigenvalue weighted by Gasteiger charge is -2.37. The van der Waals surface area contributed by atoms with Crippen LogP contribution in [0.2, 0.25) is 5.02 Å². The third kappa shape index (κ3) is 5.12. The molecule has 2 unspecified atom stereocenters. The van der Waals surface area contributed by atoms with Gasteiger partial charge in [-0.3, -0.25) is 9.13 Å². The number of pyridine rings is 1. The second-order valence-corrected chi connectivity index (χ2v) is 9.63. The highest BCUT2D eigenvalue weighted by Gasteiger charge is 2.59. The van der Waals surface area contributed by atoms with Crippen LogP contribution in [0.5, 0.6) is 11.6 Å². The summed E-state index contributed by atoms with van der Waals surface area (Å²) in [6, 6.07) is 8.16. The summed E-state index contributed by atoms with van der Waals surface area (Å²) < 4.78 is 91.0. The maximum Gasteiger partial charge on any atom is 0.434 e. The van der Waals surface area contributed by atoms with Gasteiger partial charge in [-0.15, -0.1) is 0 Å². The number of carbonyl (C=O) groups is 1. The van der Waals surface area contributed by atoms with Gasteiger partial charge in [-0.05, 0) is 41.5 Å². The van der Waals surface area contributed by atoms with Gasteiger partial charge in [-0.1, -0.05) is 30.7 Å². The number of aliphatic hydroxyl groups is 1. The van der Waals surface area contributed by atoms with Crippen molar-refractivity contribution in [2.45, 2.75) is 30.8 Å². The molecule has 2 aromatic heterocycles.